The number of hydrogen-bond acceptors (Lipinski definition) is 4. The van der Waals surface area contributed by atoms with Gasteiger partial charge in [-0.1, -0.05) is 18.9 Å². The average Bonchev–Trinajstić information content (AvgIpc) is 3.07. The fraction of sp³-hybridized carbons (Fsp3) is 0.353. The number of nitrogens with one attached hydrogen (secondary N) is 2. The Balaban J connectivity index is 1.59. The topological polar surface area (TPSA) is 66.9 Å². The molecule has 0 aromatic carbocycles. The van der Waals surface area contributed by atoms with Gasteiger partial charge in [-0.05, 0) is 36.6 Å². The maximum atomic E-state index is 12.2. The second-order valence-electron chi connectivity index (χ2n) is 5.60. The lowest BCUT2D eigenvalue weighted by atomic mass is 10.2. The van der Waals surface area contributed by atoms with Crippen molar-refractivity contribution in [1.82, 2.24) is 15.3 Å². The number of hydrogen-bond donors (Lipinski definition) is 2. The van der Waals surface area contributed by atoms with Crippen LogP contribution in [0.3, 0.4) is 0 Å². The van der Waals surface area contributed by atoms with Gasteiger partial charge in [-0.3, -0.25) is 14.8 Å². The third-order valence-electron chi connectivity index (χ3n) is 3.89. The van der Waals surface area contributed by atoms with Crippen LogP contribution in [0.2, 0.25) is 0 Å². The standard InChI is InChI=1S/C17H20N4O/c22-17(20-12-13-4-3-8-18-11-13)16-10-15(7-9-19-16)21-14-5-1-2-6-14/h3-4,7-11,14H,1-2,5-6,12H2,(H,19,21)(H,20,22). The number of rotatable bonds is 5. The monoisotopic (exact) mass is 296 g/mol. The molecule has 1 amide bonds. The Hall–Kier alpha value is -2.43. The van der Waals surface area contributed by atoms with Gasteiger partial charge < -0.3 is 10.6 Å². The van der Waals surface area contributed by atoms with Gasteiger partial charge in [-0.25, -0.2) is 0 Å². The van der Waals surface area contributed by atoms with Crippen LogP contribution >= 0.6 is 0 Å². The molecule has 114 valence electrons. The van der Waals surface area contributed by atoms with Crippen LogP contribution in [0.4, 0.5) is 5.69 Å². The zero-order valence-electron chi connectivity index (χ0n) is 12.5. The molecule has 0 bridgehead atoms. The van der Waals surface area contributed by atoms with Gasteiger partial charge >= 0.3 is 0 Å². The van der Waals surface area contributed by atoms with Crippen LogP contribution in [0, 0.1) is 0 Å². The summed E-state index contributed by atoms with van der Waals surface area (Å²) in [6.45, 7) is 0.453. The molecule has 22 heavy (non-hydrogen) atoms. The van der Waals surface area contributed by atoms with Crippen LogP contribution < -0.4 is 10.6 Å². The molecule has 2 aromatic rings. The molecule has 1 aliphatic rings. The number of aromatic nitrogens is 2. The van der Waals surface area contributed by atoms with E-state index in [0.29, 0.717) is 18.3 Å². The van der Waals surface area contributed by atoms with Gasteiger partial charge in [0.1, 0.15) is 5.69 Å². The van der Waals surface area contributed by atoms with E-state index in [1.807, 2.05) is 24.3 Å². The number of nitrogens with zero attached hydrogens (tertiary/aromatic N) is 2. The summed E-state index contributed by atoms with van der Waals surface area (Å²) < 4.78 is 0. The van der Waals surface area contributed by atoms with Crippen LogP contribution in [0.25, 0.3) is 0 Å². The average molecular weight is 296 g/mol. The summed E-state index contributed by atoms with van der Waals surface area (Å²) in [4.78, 5) is 20.4. The minimum absolute atomic E-state index is 0.168. The fourth-order valence-corrected chi connectivity index (χ4v) is 2.73. The largest absolute Gasteiger partial charge is 0.382 e. The summed E-state index contributed by atoms with van der Waals surface area (Å²) in [6, 6.07) is 8.03. The van der Waals surface area contributed by atoms with E-state index in [1.165, 1.54) is 25.7 Å². The highest BCUT2D eigenvalue weighted by Gasteiger charge is 2.15. The molecule has 0 radical (unpaired) electrons. The lowest BCUT2D eigenvalue weighted by Gasteiger charge is -2.14. The molecular weight excluding hydrogens is 276 g/mol. The first kappa shape index (κ1) is 14.5. The molecule has 1 fully saturated rings. The van der Waals surface area contributed by atoms with Crippen molar-refractivity contribution in [3.8, 4) is 0 Å². The summed E-state index contributed by atoms with van der Waals surface area (Å²) in [7, 11) is 0. The fourth-order valence-electron chi connectivity index (χ4n) is 2.73. The molecule has 0 spiro atoms. The minimum Gasteiger partial charge on any atom is -0.382 e. The summed E-state index contributed by atoms with van der Waals surface area (Å²) in [5, 5.41) is 6.35. The van der Waals surface area contributed by atoms with Crippen molar-refractivity contribution in [2.24, 2.45) is 0 Å². The molecule has 2 heterocycles. The predicted octanol–water partition coefficient (Wildman–Crippen LogP) is 2.76. The zero-order chi connectivity index (χ0) is 15.2. The number of pyridine rings is 2. The van der Waals surface area contributed by atoms with Crippen molar-refractivity contribution in [3.05, 3.63) is 54.1 Å². The Labute approximate surface area is 130 Å². The third kappa shape index (κ3) is 3.81. The van der Waals surface area contributed by atoms with Gasteiger partial charge in [0.15, 0.2) is 0 Å². The first-order valence-corrected chi connectivity index (χ1v) is 7.71. The first-order valence-electron chi connectivity index (χ1n) is 7.71. The van der Waals surface area contributed by atoms with Gasteiger partial charge in [0.2, 0.25) is 0 Å². The first-order chi connectivity index (χ1) is 10.8. The zero-order valence-corrected chi connectivity index (χ0v) is 12.5. The Morgan fingerprint density at radius 1 is 1.23 bits per heavy atom. The maximum absolute atomic E-state index is 12.2. The van der Waals surface area contributed by atoms with Crippen LogP contribution in [0.15, 0.2) is 42.9 Å². The third-order valence-corrected chi connectivity index (χ3v) is 3.89. The highest BCUT2D eigenvalue weighted by molar-refractivity contribution is 5.93. The Morgan fingerprint density at radius 2 is 2.09 bits per heavy atom. The second-order valence-corrected chi connectivity index (χ2v) is 5.60. The normalized spacial score (nSPS) is 14.7. The van der Waals surface area contributed by atoms with Crippen molar-refractivity contribution in [3.63, 3.8) is 0 Å². The van der Waals surface area contributed by atoms with E-state index < -0.39 is 0 Å². The summed E-state index contributed by atoms with van der Waals surface area (Å²) in [6.07, 6.45) is 10.1. The molecule has 1 aliphatic carbocycles. The van der Waals surface area contributed by atoms with Crippen LogP contribution in [0.1, 0.15) is 41.7 Å². The van der Waals surface area contributed by atoms with Gasteiger partial charge in [0.05, 0.1) is 0 Å². The number of amides is 1. The van der Waals surface area contributed by atoms with Crippen molar-refractivity contribution in [1.29, 1.82) is 0 Å². The van der Waals surface area contributed by atoms with Gasteiger partial charge in [0, 0.05) is 36.9 Å². The lowest BCUT2D eigenvalue weighted by Crippen LogP contribution is -2.24. The second kappa shape index (κ2) is 7.02. The van der Waals surface area contributed by atoms with E-state index in [4.69, 9.17) is 0 Å². The molecule has 0 unspecified atom stereocenters. The van der Waals surface area contributed by atoms with Crippen molar-refractivity contribution in [2.45, 2.75) is 38.3 Å². The van der Waals surface area contributed by atoms with E-state index in [-0.39, 0.29) is 5.91 Å². The minimum atomic E-state index is -0.168. The van der Waals surface area contributed by atoms with Crippen LogP contribution in [-0.4, -0.2) is 21.9 Å². The smallest absolute Gasteiger partial charge is 0.270 e. The van der Waals surface area contributed by atoms with E-state index in [0.717, 1.165) is 11.3 Å². The highest BCUT2D eigenvalue weighted by Crippen LogP contribution is 2.22. The maximum Gasteiger partial charge on any atom is 0.270 e. The van der Waals surface area contributed by atoms with Crippen LogP contribution in [-0.2, 0) is 6.54 Å². The van der Waals surface area contributed by atoms with Crippen molar-refractivity contribution < 1.29 is 4.79 Å². The van der Waals surface area contributed by atoms with E-state index in [1.54, 1.807) is 18.6 Å². The lowest BCUT2D eigenvalue weighted by molar-refractivity contribution is 0.0946. The van der Waals surface area contributed by atoms with Gasteiger partial charge in [-0.15, -0.1) is 0 Å². The van der Waals surface area contributed by atoms with Gasteiger partial charge in [-0.2, -0.15) is 0 Å². The highest BCUT2D eigenvalue weighted by atomic mass is 16.1. The number of carbonyl (C=O) groups is 1. The SMILES string of the molecule is O=C(NCc1cccnc1)c1cc(NC2CCCC2)ccn1. The molecule has 3 rings (SSSR count). The van der Waals surface area contributed by atoms with E-state index in [2.05, 4.69) is 20.6 Å². The molecule has 5 heteroatoms. The van der Waals surface area contributed by atoms with Crippen LogP contribution in [0.5, 0.6) is 0 Å². The summed E-state index contributed by atoms with van der Waals surface area (Å²) >= 11 is 0. The molecular formula is C17H20N4O. The quantitative estimate of drug-likeness (QED) is 0.890. The molecule has 0 aliphatic heterocycles. The summed E-state index contributed by atoms with van der Waals surface area (Å²) in [5.74, 6) is -0.168. The molecule has 2 aromatic heterocycles. The van der Waals surface area contributed by atoms with E-state index >= 15 is 0 Å². The molecule has 0 atom stereocenters. The Morgan fingerprint density at radius 3 is 2.86 bits per heavy atom. The number of carbonyl (C=O) groups excluding carboxylic acids is 1. The Bertz CT molecular complexity index is 624. The van der Waals surface area contributed by atoms with Crippen molar-refractivity contribution in [2.75, 3.05) is 5.32 Å². The van der Waals surface area contributed by atoms with E-state index in [9.17, 15) is 4.79 Å². The predicted molar refractivity (Wildman–Crippen MR) is 85.5 cm³/mol. The molecule has 1 saturated carbocycles. The molecule has 0 saturated heterocycles. The molecule has 2 N–H and O–H groups in total. The van der Waals surface area contributed by atoms with Crippen molar-refractivity contribution >= 4 is 11.6 Å². The number of anilines is 1. The molecule has 5 nitrogen and oxygen atoms in total. The Kier molecular flexibility index (Phi) is 4.63. The summed E-state index contributed by atoms with van der Waals surface area (Å²) in [5.41, 5.74) is 2.37. The van der Waals surface area contributed by atoms with Gasteiger partial charge in [0.25, 0.3) is 5.91 Å².